The molecule has 0 spiro atoms. The van der Waals surface area contributed by atoms with Crippen LogP contribution >= 0.6 is 0 Å². The minimum atomic E-state index is -0.0387. The maximum absolute atomic E-state index is 9.39. The molecule has 1 saturated heterocycles. The van der Waals surface area contributed by atoms with Gasteiger partial charge in [-0.3, -0.25) is 4.99 Å². The third-order valence-electron chi connectivity index (χ3n) is 5.38. The molecule has 1 aromatic heterocycles. The molecule has 0 aliphatic carbocycles. The van der Waals surface area contributed by atoms with Crippen molar-refractivity contribution in [3.8, 4) is 0 Å². The number of nitrogens with zero attached hydrogens (tertiary/aromatic N) is 3. The fourth-order valence-electron chi connectivity index (χ4n) is 3.66. The van der Waals surface area contributed by atoms with Gasteiger partial charge in [0, 0.05) is 57.1 Å². The SMILES string of the molecule is CCNC(=NCC1(CCO)CCOC1)NCCc1nccn1Cc1ccccc1. The van der Waals surface area contributed by atoms with Crippen molar-refractivity contribution in [1.82, 2.24) is 20.2 Å². The molecule has 29 heavy (non-hydrogen) atoms. The summed E-state index contributed by atoms with van der Waals surface area (Å²) < 4.78 is 7.75. The minimum Gasteiger partial charge on any atom is -0.396 e. The molecule has 2 heterocycles. The summed E-state index contributed by atoms with van der Waals surface area (Å²) in [6, 6.07) is 10.4. The van der Waals surface area contributed by atoms with Crippen molar-refractivity contribution in [2.75, 3.05) is 39.5 Å². The van der Waals surface area contributed by atoms with Gasteiger partial charge in [0.2, 0.25) is 0 Å². The van der Waals surface area contributed by atoms with Crippen LogP contribution in [0.5, 0.6) is 0 Å². The second-order valence-electron chi connectivity index (χ2n) is 7.61. The number of nitrogens with one attached hydrogen (secondary N) is 2. The lowest BCUT2D eigenvalue weighted by atomic mass is 9.84. The Bertz CT molecular complexity index is 754. The molecule has 1 aliphatic heterocycles. The Kier molecular flexibility index (Phi) is 8.07. The molecule has 158 valence electrons. The van der Waals surface area contributed by atoms with E-state index in [2.05, 4.69) is 51.4 Å². The maximum Gasteiger partial charge on any atom is 0.191 e. The first-order valence-electron chi connectivity index (χ1n) is 10.5. The average Bonchev–Trinajstić information content (AvgIpc) is 3.37. The number of aromatic nitrogens is 2. The Morgan fingerprint density at radius 2 is 2.17 bits per heavy atom. The van der Waals surface area contributed by atoms with E-state index in [-0.39, 0.29) is 12.0 Å². The van der Waals surface area contributed by atoms with E-state index in [0.717, 1.165) is 57.3 Å². The van der Waals surface area contributed by atoms with Gasteiger partial charge in [-0.25, -0.2) is 4.98 Å². The zero-order chi connectivity index (χ0) is 20.4. The summed E-state index contributed by atoms with van der Waals surface area (Å²) in [6.45, 7) is 6.70. The highest BCUT2D eigenvalue weighted by Gasteiger charge is 2.34. The monoisotopic (exact) mass is 399 g/mol. The molecule has 0 saturated carbocycles. The van der Waals surface area contributed by atoms with Crippen molar-refractivity contribution in [1.29, 1.82) is 0 Å². The topological polar surface area (TPSA) is 83.7 Å². The number of rotatable bonds is 10. The molecule has 7 nitrogen and oxygen atoms in total. The Morgan fingerprint density at radius 1 is 1.31 bits per heavy atom. The van der Waals surface area contributed by atoms with Crippen molar-refractivity contribution < 1.29 is 9.84 Å². The van der Waals surface area contributed by atoms with Crippen molar-refractivity contribution in [2.24, 2.45) is 10.4 Å². The van der Waals surface area contributed by atoms with Crippen LogP contribution in [0.1, 0.15) is 31.2 Å². The number of benzene rings is 1. The van der Waals surface area contributed by atoms with Gasteiger partial charge in [-0.15, -0.1) is 0 Å². The normalized spacial score (nSPS) is 19.4. The largest absolute Gasteiger partial charge is 0.396 e. The highest BCUT2D eigenvalue weighted by atomic mass is 16.5. The molecule has 1 atom stereocenters. The molecule has 3 rings (SSSR count). The molecule has 1 fully saturated rings. The molecule has 2 aromatic rings. The molecule has 0 radical (unpaired) electrons. The zero-order valence-corrected chi connectivity index (χ0v) is 17.3. The van der Waals surface area contributed by atoms with Crippen LogP contribution in [0.3, 0.4) is 0 Å². The van der Waals surface area contributed by atoms with E-state index in [1.807, 2.05) is 18.5 Å². The van der Waals surface area contributed by atoms with Crippen LogP contribution in [0.15, 0.2) is 47.7 Å². The molecule has 7 heteroatoms. The lowest BCUT2D eigenvalue weighted by Crippen LogP contribution is -2.40. The number of hydrogen-bond donors (Lipinski definition) is 3. The molecule has 0 bridgehead atoms. The molecular formula is C22H33N5O2. The summed E-state index contributed by atoms with van der Waals surface area (Å²) in [5, 5.41) is 16.1. The standard InChI is InChI=1S/C22H33N5O2/c1-2-23-21(26-17-22(9-14-28)10-15-29-18-22)25-11-8-20-24-12-13-27(20)16-19-6-4-3-5-7-19/h3-7,12-13,28H,2,8-11,14-18H2,1H3,(H2,23,25,26). The van der Waals surface area contributed by atoms with Crippen LogP contribution in [-0.4, -0.2) is 60.1 Å². The summed E-state index contributed by atoms with van der Waals surface area (Å²) >= 11 is 0. The fourth-order valence-corrected chi connectivity index (χ4v) is 3.66. The number of aliphatic hydroxyl groups excluding tert-OH is 1. The van der Waals surface area contributed by atoms with E-state index in [4.69, 9.17) is 9.73 Å². The Labute approximate surface area is 173 Å². The first-order valence-corrected chi connectivity index (χ1v) is 10.5. The predicted octanol–water partition coefficient (Wildman–Crippen LogP) is 1.82. The quantitative estimate of drug-likeness (QED) is 0.419. The third-order valence-corrected chi connectivity index (χ3v) is 5.38. The average molecular weight is 400 g/mol. The van der Waals surface area contributed by atoms with E-state index < -0.39 is 0 Å². The molecule has 1 unspecified atom stereocenters. The van der Waals surface area contributed by atoms with Crippen molar-refractivity contribution >= 4 is 5.96 Å². The summed E-state index contributed by atoms with van der Waals surface area (Å²) in [5.74, 6) is 1.86. The van der Waals surface area contributed by atoms with Gasteiger partial charge in [0.25, 0.3) is 0 Å². The van der Waals surface area contributed by atoms with E-state index in [9.17, 15) is 5.11 Å². The number of hydrogen-bond acceptors (Lipinski definition) is 4. The first kappa shape index (κ1) is 21.3. The molecule has 1 aromatic carbocycles. The Balaban J connectivity index is 1.54. The number of aliphatic hydroxyl groups is 1. The summed E-state index contributed by atoms with van der Waals surface area (Å²) in [7, 11) is 0. The van der Waals surface area contributed by atoms with Gasteiger partial charge in [0.1, 0.15) is 5.82 Å². The maximum atomic E-state index is 9.39. The zero-order valence-electron chi connectivity index (χ0n) is 17.3. The van der Waals surface area contributed by atoms with Crippen LogP contribution in [0, 0.1) is 5.41 Å². The Hall–Kier alpha value is -2.38. The van der Waals surface area contributed by atoms with E-state index in [1.54, 1.807) is 0 Å². The molecule has 0 amide bonds. The van der Waals surface area contributed by atoms with Crippen molar-refractivity contribution in [3.63, 3.8) is 0 Å². The van der Waals surface area contributed by atoms with Crippen molar-refractivity contribution in [2.45, 2.75) is 32.7 Å². The summed E-state index contributed by atoms with van der Waals surface area (Å²) in [5.41, 5.74) is 1.23. The Morgan fingerprint density at radius 3 is 2.90 bits per heavy atom. The number of ether oxygens (including phenoxy) is 1. The van der Waals surface area contributed by atoms with Gasteiger partial charge in [-0.05, 0) is 25.3 Å². The van der Waals surface area contributed by atoms with Crippen LogP contribution < -0.4 is 10.6 Å². The number of guanidine groups is 1. The second-order valence-corrected chi connectivity index (χ2v) is 7.61. The smallest absolute Gasteiger partial charge is 0.191 e. The van der Waals surface area contributed by atoms with E-state index in [1.165, 1.54) is 5.56 Å². The second kappa shape index (κ2) is 11.0. The van der Waals surface area contributed by atoms with Gasteiger partial charge in [-0.1, -0.05) is 30.3 Å². The first-order chi connectivity index (χ1) is 14.2. The summed E-state index contributed by atoms with van der Waals surface area (Å²) in [6.07, 6.45) is 6.38. The highest BCUT2D eigenvalue weighted by molar-refractivity contribution is 5.79. The number of imidazole rings is 1. The van der Waals surface area contributed by atoms with E-state index in [0.29, 0.717) is 13.2 Å². The van der Waals surface area contributed by atoms with Crippen molar-refractivity contribution in [3.05, 3.63) is 54.1 Å². The predicted molar refractivity (Wildman–Crippen MR) is 115 cm³/mol. The fraction of sp³-hybridized carbons (Fsp3) is 0.545. The van der Waals surface area contributed by atoms with Gasteiger partial charge in [0.05, 0.1) is 13.2 Å². The minimum absolute atomic E-state index is 0.0387. The van der Waals surface area contributed by atoms with Gasteiger partial charge >= 0.3 is 0 Å². The third kappa shape index (κ3) is 6.30. The van der Waals surface area contributed by atoms with E-state index >= 15 is 0 Å². The van der Waals surface area contributed by atoms with Crippen LogP contribution in [-0.2, 0) is 17.7 Å². The van der Waals surface area contributed by atoms with Gasteiger partial charge in [0.15, 0.2) is 5.96 Å². The highest BCUT2D eigenvalue weighted by Crippen LogP contribution is 2.32. The number of aliphatic imine (C=N–C) groups is 1. The molecule has 3 N–H and O–H groups in total. The lowest BCUT2D eigenvalue weighted by Gasteiger charge is -2.24. The molecule has 1 aliphatic rings. The van der Waals surface area contributed by atoms with Gasteiger partial charge in [-0.2, -0.15) is 0 Å². The lowest BCUT2D eigenvalue weighted by molar-refractivity contribution is 0.131. The van der Waals surface area contributed by atoms with Crippen LogP contribution in [0.4, 0.5) is 0 Å². The molecular weight excluding hydrogens is 366 g/mol. The summed E-state index contributed by atoms with van der Waals surface area (Å²) in [4.78, 5) is 9.29. The van der Waals surface area contributed by atoms with Crippen LogP contribution in [0.2, 0.25) is 0 Å². The van der Waals surface area contributed by atoms with Gasteiger partial charge < -0.3 is 25.0 Å². The van der Waals surface area contributed by atoms with Crippen LogP contribution in [0.25, 0.3) is 0 Å².